The molecule has 1 aromatic carbocycles. The minimum atomic E-state index is -3.69. The van der Waals surface area contributed by atoms with Gasteiger partial charge in [0.15, 0.2) is 0 Å². The molecule has 0 atom stereocenters. The fourth-order valence-electron chi connectivity index (χ4n) is 1.85. The lowest BCUT2D eigenvalue weighted by molar-refractivity contribution is 0.601. The van der Waals surface area contributed by atoms with Gasteiger partial charge in [0.25, 0.3) is 10.0 Å². The summed E-state index contributed by atoms with van der Waals surface area (Å²) in [5, 5.41) is 2.95. The number of pyridine rings is 1. The van der Waals surface area contributed by atoms with Crippen LogP contribution in [0.5, 0.6) is 0 Å². The van der Waals surface area contributed by atoms with E-state index >= 15 is 0 Å². The Morgan fingerprint density at radius 1 is 1.29 bits per heavy atom. The molecule has 5 nitrogen and oxygen atoms in total. The lowest BCUT2D eigenvalue weighted by Crippen LogP contribution is -2.16. The van der Waals surface area contributed by atoms with Crippen molar-refractivity contribution >= 4 is 37.5 Å². The molecule has 0 unspecified atom stereocenters. The van der Waals surface area contributed by atoms with E-state index in [-0.39, 0.29) is 4.90 Å². The van der Waals surface area contributed by atoms with Crippen LogP contribution in [0, 0.1) is 6.92 Å². The highest BCUT2D eigenvalue weighted by Crippen LogP contribution is 2.25. The van der Waals surface area contributed by atoms with Crippen molar-refractivity contribution in [2.75, 3.05) is 16.6 Å². The molecule has 112 valence electrons. The van der Waals surface area contributed by atoms with Gasteiger partial charge in [-0.05, 0) is 49.7 Å². The Hall–Kier alpha value is -1.60. The molecule has 0 radical (unpaired) electrons. The Kier molecular flexibility index (Phi) is 4.84. The standard InChI is InChI=1S/C14H16BrN3O2S/c1-3-16-14-13(5-4-8-17-14)21(19,20)18-12-7-6-11(15)9-10(12)2/h4-9,18H,3H2,1-2H3,(H,16,17). The van der Waals surface area contributed by atoms with Gasteiger partial charge in [0, 0.05) is 17.2 Å². The third kappa shape index (κ3) is 3.74. The average Bonchev–Trinajstić information content (AvgIpc) is 2.43. The zero-order valence-corrected chi connectivity index (χ0v) is 14.1. The number of hydrogen-bond acceptors (Lipinski definition) is 4. The highest BCUT2D eigenvalue weighted by atomic mass is 79.9. The molecule has 2 aromatic rings. The Bertz CT molecular complexity index is 748. The lowest BCUT2D eigenvalue weighted by Gasteiger charge is -2.13. The summed E-state index contributed by atoms with van der Waals surface area (Å²) in [4.78, 5) is 4.21. The SMILES string of the molecule is CCNc1ncccc1S(=O)(=O)Nc1ccc(Br)cc1C. The molecule has 0 bridgehead atoms. The Morgan fingerprint density at radius 2 is 2.05 bits per heavy atom. The van der Waals surface area contributed by atoms with Gasteiger partial charge in [-0.1, -0.05) is 15.9 Å². The molecule has 2 N–H and O–H groups in total. The minimum absolute atomic E-state index is 0.133. The summed E-state index contributed by atoms with van der Waals surface area (Å²) in [7, 11) is -3.69. The van der Waals surface area contributed by atoms with Gasteiger partial charge in [0.1, 0.15) is 10.7 Å². The first-order valence-electron chi connectivity index (χ1n) is 6.42. The van der Waals surface area contributed by atoms with E-state index in [1.165, 1.54) is 6.07 Å². The first-order chi connectivity index (χ1) is 9.94. The quantitative estimate of drug-likeness (QED) is 0.847. The number of aryl methyl sites for hydroxylation is 1. The van der Waals surface area contributed by atoms with E-state index in [0.29, 0.717) is 18.1 Å². The number of hydrogen-bond donors (Lipinski definition) is 2. The van der Waals surface area contributed by atoms with Crippen molar-refractivity contribution in [2.45, 2.75) is 18.7 Å². The zero-order chi connectivity index (χ0) is 15.5. The summed E-state index contributed by atoms with van der Waals surface area (Å²) >= 11 is 3.36. The summed E-state index contributed by atoms with van der Waals surface area (Å²) in [6.45, 7) is 4.32. The van der Waals surface area contributed by atoms with Crippen LogP contribution in [-0.4, -0.2) is 19.9 Å². The van der Waals surface area contributed by atoms with E-state index in [2.05, 4.69) is 31.0 Å². The highest BCUT2D eigenvalue weighted by Gasteiger charge is 2.19. The van der Waals surface area contributed by atoms with E-state index in [1.807, 2.05) is 19.9 Å². The van der Waals surface area contributed by atoms with Crippen LogP contribution in [0.25, 0.3) is 0 Å². The summed E-state index contributed by atoms with van der Waals surface area (Å²) in [6, 6.07) is 8.50. The van der Waals surface area contributed by atoms with Crippen LogP contribution < -0.4 is 10.0 Å². The van der Waals surface area contributed by atoms with Gasteiger partial charge in [0.2, 0.25) is 0 Å². The molecule has 1 heterocycles. The number of aromatic nitrogens is 1. The molecule has 0 aliphatic carbocycles. The van der Waals surface area contributed by atoms with Crippen LogP contribution in [0.4, 0.5) is 11.5 Å². The molecule has 0 amide bonds. The average molecular weight is 370 g/mol. The molecule has 2 rings (SSSR count). The monoisotopic (exact) mass is 369 g/mol. The highest BCUT2D eigenvalue weighted by molar-refractivity contribution is 9.10. The lowest BCUT2D eigenvalue weighted by atomic mass is 10.2. The number of rotatable bonds is 5. The first-order valence-corrected chi connectivity index (χ1v) is 8.69. The van der Waals surface area contributed by atoms with Crippen molar-refractivity contribution in [3.05, 3.63) is 46.6 Å². The number of nitrogens with one attached hydrogen (secondary N) is 2. The molecule has 0 aliphatic heterocycles. The molecule has 0 saturated heterocycles. The summed E-state index contributed by atoms with van der Waals surface area (Å²) in [5.74, 6) is 0.349. The maximum Gasteiger partial charge on any atom is 0.265 e. The van der Waals surface area contributed by atoms with E-state index in [9.17, 15) is 8.42 Å². The largest absolute Gasteiger partial charge is 0.369 e. The van der Waals surface area contributed by atoms with Crippen LogP contribution in [-0.2, 0) is 10.0 Å². The summed E-state index contributed by atoms with van der Waals surface area (Å²) < 4.78 is 28.6. The summed E-state index contributed by atoms with van der Waals surface area (Å²) in [5.41, 5.74) is 1.38. The maximum atomic E-state index is 12.5. The molecular weight excluding hydrogens is 354 g/mol. The first kappa shape index (κ1) is 15.8. The number of benzene rings is 1. The van der Waals surface area contributed by atoms with Crippen molar-refractivity contribution in [1.82, 2.24) is 4.98 Å². The Labute approximate surface area is 133 Å². The fraction of sp³-hybridized carbons (Fsp3) is 0.214. The predicted molar refractivity (Wildman–Crippen MR) is 88.1 cm³/mol. The van der Waals surface area contributed by atoms with Crippen molar-refractivity contribution < 1.29 is 8.42 Å². The second-order valence-corrected chi connectivity index (χ2v) is 7.01. The van der Waals surface area contributed by atoms with E-state index in [0.717, 1.165) is 10.0 Å². The molecule has 21 heavy (non-hydrogen) atoms. The van der Waals surface area contributed by atoms with Gasteiger partial charge in [-0.25, -0.2) is 13.4 Å². The van der Waals surface area contributed by atoms with E-state index in [1.54, 1.807) is 24.4 Å². The third-order valence-electron chi connectivity index (χ3n) is 2.84. The Balaban J connectivity index is 2.39. The molecule has 1 aromatic heterocycles. The second-order valence-electron chi connectivity index (χ2n) is 4.45. The topological polar surface area (TPSA) is 71.1 Å². The molecule has 0 spiro atoms. The number of anilines is 2. The van der Waals surface area contributed by atoms with Crippen LogP contribution in [0.1, 0.15) is 12.5 Å². The van der Waals surface area contributed by atoms with Crippen LogP contribution in [0.2, 0.25) is 0 Å². The van der Waals surface area contributed by atoms with Crippen LogP contribution in [0.3, 0.4) is 0 Å². The minimum Gasteiger partial charge on any atom is -0.369 e. The third-order valence-corrected chi connectivity index (χ3v) is 4.73. The van der Waals surface area contributed by atoms with Crippen LogP contribution >= 0.6 is 15.9 Å². The Morgan fingerprint density at radius 3 is 2.71 bits per heavy atom. The van der Waals surface area contributed by atoms with Crippen molar-refractivity contribution in [2.24, 2.45) is 0 Å². The number of halogens is 1. The fourth-order valence-corrected chi connectivity index (χ4v) is 3.59. The molecule has 0 saturated carbocycles. The van der Waals surface area contributed by atoms with Gasteiger partial charge in [0.05, 0.1) is 5.69 Å². The smallest absolute Gasteiger partial charge is 0.265 e. The predicted octanol–water partition coefficient (Wildman–Crippen LogP) is 3.39. The van der Waals surface area contributed by atoms with E-state index in [4.69, 9.17) is 0 Å². The van der Waals surface area contributed by atoms with Crippen molar-refractivity contribution in [3.63, 3.8) is 0 Å². The molecule has 0 fully saturated rings. The zero-order valence-electron chi connectivity index (χ0n) is 11.7. The van der Waals surface area contributed by atoms with Crippen LogP contribution in [0.15, 0.2) is 45.9 Å². The van der Waals surface area contributed by atoms with E-state index < -0.39 is 10.0 Å². The summed E-state index contributed by atoms with van der Waals surface area (Å²) in [6.07, 6.45) is 1.56. The normalized spacial score (nSPS) is 11.2. The second kappa shape index (κ2) is 6.44. The van der Waals surface area contributed by atoms with Crippen molar-refractivity contribution in [3.8, 4) is 0 Å². The van der Waals surface area contributed by atoms with Gasteiger partial charge >= 0.3 is 0 Å². The molecule has 0 aliphatic rings. The van der Waals surface area contributed by atoms with Gasteiger partial charge in [-0.3, -0.25) is 4.72 Å². The molecular formula is C14H16BrN3O2S. The maximum absolute atomic E-state index is 12.5. The van der Waals surface area contributed by atoms with Crippen molar-refractivity contribution in [1.29, 1.82) is 0 Å². The molecule has 7 heteroatoms. The number of sulfonamides is 1. The van der Waals surface area contributed by atoms with Gasteiger partial charge in [-0.15, -0.1) is 0 Å². The van der Waals surface area contributed by atoms with Gasteiger partial charge < -0.3 is 5.32 Å². The number of nitrogens with zero attached hydrogens (tertiary/aromatic N) is 1. The van der Waals surface area contributed by atoms with Gasteiger partial charge in [-0.2, -0.15) is 0 Å².